The van der Waals surface area contributed by atoms with Crippen molar-refractivity contribution in [2.24, 2.45) is 0 Å². The second-order valence-corrected chi connectivity index (χ2v) is 6.99. The quantitative estimate of drug-likeness (QED) is 0.297. The number of aromatic nitrogens is 2. The van der Waals surface area contributed by atoms with Crippen molar-refractivity contribution in [2.75, 3.05) is 11.9 Å². The van der Waals surface area contributed by atoms with Gasteiger partial charge in [-0.05, 0) is 59.3 Å². The van der Waals surface area contributed by atoms with Crippen molar-refractivity contribution in [2.45, 2.75) is 12.3 Å². The third-order valence-electron chi connectivity index (χ3n) is 3.61. The number of alkyl halides is 1. The molecule has 0 saturated carbocycles. The van der Waals surface area contributed by atoms with Crippen molar-refractivity contribution in [3.63, 3.8) is 0 Å². The number of carbonyl (C=O) groups is 1. The van der Waals surface area contributed by atoms with Crippen LogP contribution >= 0.6 is 38.5 Å². The summed E-state index contributed by atoms with van der Waals surface area (Å²) in [4.78, 5) is 16.6. The first kappa shape index (κ1) is 18.1. The van der Waals surface area contributed by atoms with E-state index in [0.717, 1.165) is 14.7 Å². The summed E-state index contributed by atoms with van der Waals surface area (Å²) in [5.74, 6) is -0.468. The largest absolute Gasteiger partial charge is 0.462 e. The number of ether oxygens (including phenoxy) is 1. The van der Waals surface area contributed by atoms with Gasteiger partial charge in [-0.25, -0.2) is 14.2 Å². The highest BCUT2D eigenvalue weighted by Crippen LogP contribution is 2.29. The van der Waals surface area contributed by atoms with E-state index in [1.807, 2.05) is 22.6 Å². The average Bonchev–Trinajstić information content (AvgIpc) is 3.07. The number of nitrogens with one attached hydrogen (secondary N) is 1. The van der Waals surface area contributed by atoms with Crippen LogP contribution in [0.4, 0.5) is 15.9 Å². The normalized spacial score (nSPS) is 10.9. The lowest BCUT2D eigenvalue weighted by Crippen LogP contribution is -2.12. The Labute approximate surface area is 165 Å². The number of hydrogen-bond acceptors (Lipinski definition) is 4. The van der Waals surface area contributed by atoms with Gasteiger partial charge < -0.3 is 10.1 Å². The van der Waals surface area contributed by atoms with E-state index < -0.39 is 11.8 Å². The molecule has 0 aliphatic rings. The highest BCUT2D eigenvalue weighted by Gasteiger charge is 2.20. The molecule has 0 aliphatic heterocycles. The first-order chi connectivity index (χ1) is 12.0. The van der Waals surface area contributed by atoms with E-state index in [1.54, 1.807) is 42.0 Å². The molecular weight excluding hydrogens is 504 g/mol. The van der Waals surface area contributed by atoms with Crippen LogP contribution in [0, 0.1) is 9.39 Å². The monoisotopic (exact) mass is 517 g/mol. The van der Waals surface area contributed by atoms with Gasteiger partial charge in [-0.1, -0.05) is 15.9 Å². The molecule has 130 valence electrons. The van der Waals surface area contributed by atoms with E-state index in [4.69, 9.17) is 4.74 Å². The molecular formula is C17H14BrFIN3O2. The number of carbonyl (C=O) groups excluding carboxylic acids is 1. The van der Waals surface area contributed by atoms with E-state index in [1.165, 1.54) is 6.07 Å². The number of hydrogen-bond donors (Lipinski definition) is 1. The van der Waals surface area contributed by atoms with Crippen molar-refractivity contribution < 1.29 is 13.9 Å². The second-order valence-electron chi connectivity index (χ2n) is 5.18. The van der Waals surface area contributed by atoms with E-state index in [2.05, 4.69) is 26.2 Å². The number of fused-ring (bicyclic) bond motifs is 1. The lowest BCUT2D eigenvalue weighted by molar-refractivity contribution is 0.0527. The van der Waals surface area contributed by atoms with Crippen molar-refractivity contribution in [1.82, 2.24) is 9.38 Å². The van der Waals surface area contributed by atoms with Crippen molar-refractivity contribution in [3.05, 3.63) is 57.3 Å². The maximum absolute atomic E-state index is 14.3. The standard InChI is InChI=1S/C17H14BrFIN3O2/c1-2-25-17(24)12-5-10(7-18)15-8-21-9-23(15)16(12)22-14-4-3-11(20)6-13(14)19/h3-6,8-9,22H,2,7H2,1H3. The molecule has 8 heteroatoms. The van der Waals surface area contributed by atoms with Gasteiger partial charge in [0.1, 0.15) is 23.5 Å². The number of anilines is 2. The summed E-state index contributed by atoms with van der Waals surface area (Å²) in [6.07, 6.45) is 3.28. The van der Waals surface area contributed by atoms with Gasteiger partial charge in [0.15, 0.2) is 0 Å². The summed E-state index contributed by atoms with van der Waals surface area (Å²) in [6, 6.07) is 6.57. The molecule has 0 saturated heterocycles. The summed E-state index contributed by atoms with van der Waals surface area (Å²) in [7, 11) is 0. The maximum Gasteiger partial charge on any atom is 0.341 e. The van der Waals surface area contributed by atoms with Crippen LogP contribution in [0.2, 0.25) is 0 Å². The van der Waals surface area contributed by atoms with Crippen LogP contribution in [0.15, 0.2) is 36.8 Å². The lowest BCUT2D eigenvalue weighted by Gasteiger charge is -2.16. The molecule has 0 bridgehead atoms. The van der Waals surface area contributed by atoms with Crippen LogP contribution < -0.4 is 5.32 Å². The van der Waals surface area contributed by atoms with Crippen molar-refractivity contribution in [3.8, 4) is 0 Å². The Morgan fingerprint density at radius 1 is 1.44 bits per heavy atom. The van der Waals surface area contributed by atoms with Crippen LogP contribution in [0.1, 0.15) is 22.8 Å². The van der Waals surface area contributed by atoms with Gasteiger partial charge in [-0.3, -0.25) is 4.40 Å². The number of imidazole rings is 1. The first-order valence-corrected chi connectivity index (χ1v) is 9.68. The van der Waals surface area contributed by atoms with Crippen molar-refractivity contribution in [1.29, 1.82) is 0 Å². The number of nitrogens with zero attached hydrogens (tertiary/aromatic N) is 2. The molecule has 2 heterocycles. The Balaban J connectivity index is 2.18. The van der Waals surface area contributed by atoms with Crippen LogP contribution in [0.25, 0.3) is 5.52 Å². The van der Waals surface area contributed by atoms with Gasteiger partial charge in [-0.2, -0.15) is 0 Å². The van der Waals surface area contributed by atoms with E-state index >= 15 is 0 Å². The average molecular weight is 518 g/mol. The molecule has 0 amide bonds. The number of esters is 1. The Bertz CT molecular complexity index is 945. The fraction of sp³-hybridized carbons (Fsp3) is 0.176. The molecule has 0 radical (unpaired) electrons. The van der Waals surface area contributed by atoms with Crippen LogP contribution in [-0.4, -0.2) is 22.0 Å². The number of pyridine rings is 1. The summed E-state index contributed by atoms with van der Waals surface area (Å²) >= 11 is 5.46. The molecule has 1 aromatic carbocycles. The van der Waals surface area contributed by atoms with E-state index in [-0.39, 0.29) is 12.3 Å². The van der Waals surface area contributed by atoms with Gasteiger partial charge in [0.25, 0.3) is 0 Å². The Kier molecular flexibility index (Phi) is 5.57. The Hall–Kier alpha value is -1.68. The molecule has 0 unspecified atom stereocenters. The topological polar surface area (TPSA) is 55.6 Å². The SMILES string of the molecule is CCOC(=O)c1cc(CBr)c2cncn2c1Nc1ccc(I)cc1F. The zero-order valence-corrected chi connectivity index (χ0v) is 17.0. The van der Waals surface area contributed by atoms with Gasteiger partial charge in [0.05, 0.1) is 24.0 Å². The zero-order valence-electron chi connectivity index (χ0n) is 13.2. The van der Waals surface area contributed by atoms with Gasteiger partial charge in [0, 0.05) is 8.90 Å². The number of rotatable bonds is 5. The molecule has 3 aromatic rings. The maximum atomic E-state index is 14.3. The molecule has 3 rings (SSSR count). The fourth-order valence-electron chi connectivity index (χ4n) is 2.47. The number of benzene rings is 1. The van der Waals surface area contributed by atoms with Crippen LogP contribution in [0.3, 0.4) is 0 Å². The fourth-order valence-corrected chi connectivity index (χ4v) is 3.38. The first-order valence-electron chi connectivity index (χ1n) is 7.48. The molecule has 0 fully saturated rings. The van der Waals surface area contributed by atoms with E-state index in [9.17, 15) is 9.18 Å². The predicted octanol–water partition coefficient (Wildman–Crippen LogP) is 4.89. The van der Waals surface area contributed by atoms with E-state index in [0.29, 0.717) is 16.7 Å². The predicted molar refractivity (Wildman–Crippen MR) is 106 cm³/mol. The zero-order chi connectivity index (χ0) is 18.0. The summed E-state index contributed by atoms with van der Waals surface area (Å²) < 4.78 is 21.9. The highest BCUT2D eigenvalue weighted by atomic mass is 127. The molecule has 0 atom stereocenters. The molecule has 1 N–H and O–H groups in total. The Morgan fingerprint density at radius 3 is 2.92 bits per heavy atom. The van der Waals surface area contributed by atoms with Crippen LogP contribution in [-0.2, 0) is 10.1 Å². The minimum absolute atomic E-state index is 0.252. The second kappa shape index (κ2) is 7.69. The molecule has 0 spiro atoms. The van der Waals surface area contributed by atoms with Crippen molar-refractivity contribution >= 4 is 61.5 Å². The molecule has 2 aromatic heterocycles. The third-order valence-corrected chi connectivity index (χ3v) is 4.88. The van der Waals surface area contributed by atoms with Crippen LogP contribution in [0.5, 0.6) is 0 Å². The van der Waals surface area contributed by atoms with Gasteiger partial charge in [-0.15, -0.1) is 0 Å². The summed E-state index contributed by atoms with van der Waals surface area (Å²) in [5.41, 5.74) is 2.29. The molecule has 0 aliphatic carbocycles. The summed E-state index contributed by atoms with van der Waals surface area (Å²) in [5, 5.41) is 3.56. The highest BCUT2D eigenvalue weighted by molar-refractivity contribution is 14.1. The summed E-state index contributed by atoms with van der Waals surface area (Å²) in [6.45, 7) is 1.99. The van der Waals surface area contributed by atoms with Gasteiger partial charge in [0.2, 0.25) is 0 Å². The van der Waals surface area contributed by atoms with Gasteiger partial charge >= 0.3 is 5.97 Å². The third kappa shape index (κ3) is 3.64. The molecule has 25 heavy (non-hydrogen) atoms. The number of halogens is 3. The Morgan fingerprint density at radius 2 is 2.24 bits per heavy atom. The minimum Gasteiger partial charge on any atom is -0.462 e. The lowest BCUT2D eigenvalue weighted by atomic mass is 10.1. The minimum atomic E-state index is -0.478. The smallest absolute Gasteiger partial charge is 0.341 e. The molecule has 5 nitrogen and oxygen atoms in total.